The number of nitrogens with zero attached hydrogens (tertiary/aromatic N) is 1. The van der Waals surface area contributed by atoms with Crippen molar-refractivity contribution in [2.75, 3.05) is 26.9 Å². The van der Waals surface area contributed by atoms with E-state index in [1.807, 2.05) is 0 Å². The van der Waals surface area contributed by atoms with Gasteiger partial charge in [0.15, 0.2) is 6.61 Å². The number of halogens is 3. The Balaban J connectivity index is 2.29. The zero-order chi connectivity index (χ0) is 16.2. The third kappa shape index (κ3) is 3.88. The van der Waals surface area contributed by atoms with E-state index in [2.05, 4.69) is 10.5 Å². The van der Waals surface area contributed by atoms with Gasteiger partial charge in [0.05, 0.1) is 12.2 Å². The molecule has 6 nitrogen and oxygen atoms in total. The number of benzene rings is 1. The van der Waals surface area contributed by atoms with E-state index < -0.39 is 17.6 Å². The smallest absolute Gasteiger partial charge is 0.419 e. The molecule has 0 spiro atoms. The molecule has 2 rings (SSSR count). The van der Waals surface area contributed by atoms with Gasteiger partial charge in [-0.05, 0) is 18.2 Å². The summed E-state index contributed by atoms with van der Waals surface area (Å²) in [6.45, 7) is -0.139. The van der Waals surface area contributed by atoms with E-state index in [4.69, 9.17) is 14.2 Å². The number of hydrogen-bond donors (Lipinski definition) is 1. The van der Waals surface area contributed by atoms with Gasteiger partial charge in [0.2, 0.25) is 5.90 Å². The van der Waals surface area contributed by atoms with Crippen molar-refractivity contribution in [2.24, 2.45) is 5.10 Å². The van der Waals surface area contributed by atoms with Gasteiger partial charge < -0.3 is 14.2 Å². The molecule has 0 bridgehead atoms. The average molecular weight is 318 g/mol. The van der Waals surface area contributed by atoms with Crippen LogP contribution in [0.2, 0.25) is 0 Å². The molecule has 0 fully saturated rings. The number of methoxy groups -OCH3 is 1. The molecule has 1 heterocycles. The third-order valence-electron chi connectivity index (χ3n) is 2.70. The molecule has 22 heavy (non-hydrogen) atoms. The highest BCUT2D eigenvalue weighted by Gasteiger charge is 2.35. The number of hydrazone groups is 1. The molecule has 1 aliphatic rings. The van der Waals surface area contributed by atoms with Crippen molar-refractivity contribution < 1.29 is 32.2 Å². The molecular weight excluding hydrogens is 305 g/mol. The van der Waals surface area contributed by atoms with E-state index >= 15 is 0 Å². The molecule has 0 unspecified atom stereocenters. The predicted molar refractivity (Wildman–Crippen MR) is 69.4 cm³/mol. The van der Waals surface area contributed by atoms with E-state index in [1.54, 1.807) is 0 Å². The van der Waals surface area contributed by atoms with Gasteiger partial charge in [-0.1, -0.05) is 0 Å². The number of amides is 1. The summed E-state index contributed by atoms with van der Waals surface area (Å²) in [6.07, 6.45) is -4.60. The molecule has 0 aliphatic carbocycles. The van der Waals surface area contributed by atoms with E-state index in [0.29, 0.717) is 0 Å². The highest BCUT2D eigenvalue weighted by Crippen LogP contribution is 2.37. The first-order chi connectivity index (χ1) is 10.4. The summed E-state index contributed by atoms with van der Waals surface area (Å²) in [4.78, 5) is 10.9. The summed E-state index contributed by atoms with van der Waals surface area (Å²) in [5.74, 6) is -0.874. The van der Waals surface area contributed by atoms with Crippen LogP contribution in [0.1, 0.15) is 11.1 Å². The highest BCUT2D eigenvalue weighted by atomic mass is 19.4. The molecule has 0 radical (unpaired) electrons. The summed E-state index contributed by atoms with van der Waals surface area (Å²) in [5, 5.41) is 3.58. The van der Waals surface area contributed by atoms with Crippen LogP contribution in [0.4, 0.5) is 13.2 Å². The van der Waals surface area contributed by atoms with E-state index in [1.165, 1.54) is 19.2 Å². The van der Waals surface area contributed by atoms with Gasteiger partial charge >= 0.3 is 6.18 Å². The molecule has 1 aromatic carbocycles. The summed E-state index contributed by atoms with van der Waals surface area (Å²) in [5.41, 5.74) is 1.28. The fourth-order valence-corrected chi connectivity index (χ4v) is 1.70. The molecule has 1 amide bonds. The first-order valence-electron chi connectivity index (χ1n) is 6.24. The quantitative estimate of drug-likeness (QED) is 0.836. The standard InChI is InChI=1S/C13H13F3N2O4/c1-20-4-5-21-10-3-2-8(6-9(10)13(14,15)16)12-18-17-11(19)7-22-12/h2-3,6H,4-5,7H2,1H3,(H,17,19). The summed E-state index contributed by atoms with van der Waals surface area (Å²) in [6, 6.07) is 3.41. The van der Waals surface area contributed by atoms with E-state index in [9.17, 15) is 18.0 Å². The van der Waals surface area contributed by atoms with Crippen LogP contribution in [0.15, 0.2) is 23.3 Å². The van der Waals surface area contributed by atoms with Crippen LogP contribution in [-0.2, 0) is 20.4 Å². The zero-order valence-electron chi connectivity index (χ0n) is 11.6. The lowest BCUT2D eigenvalue weighted by Crippen LogP contribution is -2.32. The number of nitrogens with one attached hydrogen (secondary N) is 1. The van der Waals surface area contributed by atoms with Gasteiger partial charge in [0.1, 0.15) is 12.4 Å². The molecular formula is C13H13F3N2O4. The van der Waals surface area contributed by atoms with Gasteiger partial charge in [-0.15, -0.1) is 5.10 Å². The SMILES string of the molecule is COCCOc1ccc(C2=NNC(=O)CO2)cc1C(F)(F)F. The largest absolute Gasteiger partial charge is 0.491 e. The number of carbonyl (C=O) groups is 1. The molecule has 0 atom stereocenters. The minimum Gasteiger partial charge on any atom is -0.491 e. The fourth-order valence-electron chi connectivity index (χ4n) is 1.70. The monoisotopic (exact) mass is 318 g/mol. The number of rotatable bonds is 5. The number of alkyl halides is 3. The Morgan fingerprint density at radius 2 is 2.14 bits per heavy atom. The van der Waals surface area contributed by atoms with E-state index in [0.717, 1.165) is 6.07 Å². The molecule has 0 saturated carbocycles. The molecule has 9 heteroatoms. The number of carbonyl (C=O) groups excluding carboxylic acids is 1. The van der Waals surface area contributed by atoms with Crippen molar-refractivity contribution in [1.82, 2.24) is 5.43 Å². The van der Waals surface area contributed by atoms with Crippen LogP contribution in [0.5, 0.6) is 5.75 Å². The minimum absolute atomic E-state index is 0.00751. The Morgan fingerprint density at radius 3 is 2.73 bits per heavy atom. The van der Waals surface area contributed by atoms with Gasteiger partial charge in [-0.3, -0.25) is 4.79 Å². The zero-order valence-corrected chi connectivity index (χ0v) is 11.6. The van der Waals surface area contributed by atoms with Crippen LogP contribution >= 0.6 is 0 Å². The van der Waals surface area contributed by atoms with Crippen LogP contribution < -0.4 is 10.2 Å². The van der Waals surface area contributed by atoms with Crippen molar-refractivity contribution in [3.05, 3.63) is 29.3 Å². The van der Waals surface area contributed by atoms with Gasteiger partial charge in [0.25, 0.3) is 5.91 Å². The molecule has 1 aromatic rings. The molecule has 120 valence electrons. The second-order valence-corrected chi connectivity index (χ2v) is 4.29. The van der Waals surface area contributed by atoms with Crippen molar-refractivity contribution in [2.45, 2.75) is 6.18 Å². The second-order valence-electron chi connectivity index (χ2n) is 4.29. The van der Waals surface area contributed by atoms with Crippen LogP contribution in [-0.4, -0.2) is 38.7 Å². The Hall–Kier alpha value is -2.29. The molecule has 1 N–H and O–H groups in total. The summed E-state index contributed by atoms with van der Waals surface area (Å²) in [7, 11) is 1.42. The van der Waals surface area contributed by atoms with Crippen molar-refractivity contribution in [3.63, 3.8) is 0 Å². The lowest BCUT2D eigenvalue weighted by Gasteiger charge is -2.17. The average Bonchev–Trinajstić information content (AvgIpc) is 2.47. The Kier molecular flexibility index (Phi) is 4.86. The lowest BCUT2D eigenvalue weighted by molar-refractivity contribution is -0.139. The Labute approximate surface area is 123 Å². The van der Waals surface area contributed by atoms with Crippen molar-refractivity contribution in [1.29, 1.82) is 0 Å². The van der Waals surface area contributed by atoms with Crippen LogP contribution in [0.25, 0.3) is 0 Å². The molecule has 0 aromatic heterocycles. The summed E-state index contributed by atoms with van der Waals surface area (Å²) >= 11 is 0. The first kappa shape index (κ1) is 16.1. The van der Waals surface area contributed by atoms with Crippen LogP contribution in [0, 0.1) is 0 Å². The maximum absolute atomic E-state index is 13.1. The predicted octanol–water partition coefficient (Wildman–Crippen LogP) is 1.54. The molecule has 1 aliphatic heterocycles. The van der Waals surface area contributed by atoms with E-state index in [-0.39, 0.29) is 37.0 Å². The first-order valence-corrected chi connectivity index (χ1v) is 6.24. The minimum atomic E-state index is -4.60. The lowest BCUT2D eigenvalue weighted by atomic mass is 10.1. The van der Waals surface area contributed by atoms with Gasteiger partial charge in [-0.25, -0.2) is 5.43 Å². The van der Waals surface area contributed by atoms with Crippen molar-refractivity contribution in [3.8, 4) is 5.75 Å². The third-order valence-corrected chi connectivity index (χ3v) is 2.70. The fraction of sp³-hybridized carbons (Fsp3) is 0.385. The molecule has 0 saturated heterocycles. The van der Waals surface area contributed by atoms with Gasteiger partial charge in [0, 0.05) is 12.7 Å². The normalized spacial score (nSPS) is 14.9. The Morgan fingerprint density at radius 1 is 1.36 bits per heavy atom. The highest BCUT2D eigenvalue weighted by molar-refractivity contribution is 5.98. The summed E-state index contributed by atoms with van der Waals surface area (Å²) < 4.78 is 54.1. The van der Waals surface area contributed by atoms with Crippen molar-refractivity contribution >= 4 is 11.8 Å². The maximum atomic E-state index is 13.1. The van der Waals surface area contributed by atoms with Crippen LogP contribution in [0.3, 0.4) is 0 Å². The Bertz CT molecular complexity index is 587. The number of ether oxygens (including phenoxy) is 3. The van der Waals surface area contributed by atoms with Gasteiger partial charge in [-0.2, -0.15) is 13.2 Å². The number of hydrogen-bond acceptors (Lipinski definition) is 5. The maximum Gasteiger partial charge on any atom is 0.419 e. The topological polar surface area (TPSA) is 69.2 Å². The second kappa shape index (κ2) is 6.65.